The normalized spacial score (nSPS) is 14.9. The summed E-state index contributed by atoms with van der Waals surface area (Å²) >= 11 is 0. The number of carbonyl (C=O) groups excluding carboxylic acids is 1. The van der Waals surface area contributed by atoms with Crippen LogP contribution in [0.3, 0.4) is 0 Å². The van der Waals surface area contributed by atoms with Gasteiger partial charge < -0.3 is 20.3 Å². The zero-order valence-corrected chi connectivity index (χ0v) is 16.0. The lowest BCUT2D eigenvalue weighted by atomic mass is 9.96. The van der Waals surface area contributed by atoms with Gasteiger partial charge in [-0.05, 0) is 28.2 Å². The van der Waals surface area contributed by atoms with Gasteiger partial charge in [-0.3, -0.25) is 4.79 Å². The zero-order chi connectivity index (χ0) is 20.3. The van der Waals surface area contributed by atoms with Gasteiger partial charge in [-0.15, -0.1) is 0 Å². The number of nitrogens with one attached hydrogen (secondary N) is 1. The van der Waals surface area contributed by atoms with Crippen LogP contribution in [0.2, 0.25) is 0 Å². The standard InChI is InChI=1S/C22H25NO5/c1-13(2)21(19(24)11-20(25)26)23-22(27)28-12-18-16-9-5-3-7-14(16)15-8-4-6-10-17(15)18/h3-10,13,18-19,21,24H,11-12H2,1-2H3,(H,23,27)(H,25,26)/t19-,21-/m0/s1. The number of hydrogen-bond donors (Lipinski definition) is 3. The van der Waals surface area contributed by atoms with E-state index in [9.17, 15) is 14.7 Å². The summed E-state index contributed by atoms with van der Waals surface area (Å²) in [6.45, 7) is 3.78. The molecule has 1 aliphatic carbocycles. The minimum atomic E-state index is -1.18. The van der Waals surface area contributed by atoms with Crippen molar-refractivity contribution in [3.63, 3.8) is 0 Å². The van der Waals surface area contributed by atoms with Crippen LogP contribution in [0.25, 0.3) is 11.1 Å². The molecule has 3 rings (SSSR count). The number of benzene rings is 2. The summed E-state index contributed by atoms with van der Waals surface area (Å²) in [5.74, 6) is -1.32. The fraction of sp³-hybridized carbons (Fsp3) is 0.364. The average Bonchev–Trinajstić information content (AvgIpc) is 2.97. The van der Waals surface area contributed by atoms with Crippen molar-refractivity contribution in [2.75, 3.05) is 6.61 Å². The fourth-order valence-electron chi connectivity index (χ4n) is 3.79. The van der Waals surface area contributed by atoms with Crippen LogP contribution >= 0.6 is 0 Å². The number of fused-ring (bicyclic) bond motifs is 3. The van der Waals surface area contributed by atoms with Gasteiger partial charge in [-0.1, -0.05) is 62.4 Å². The molecule has 0 fully saturated rings. The molecule has 148 valence electrons. The first kappa shape index (κ1) is 19.9. The lowest BCUT2D eigenvalue weighted by Crippen LogP contribution is -2.47. The molecule has 2 atom stereocenters. The molecule has 1 aliphatic rings. The predicted molar refractivity (Wildman–Crippen MR) is 105 cm³/mol. The maximum absolute atomic E-state index is 12.3. The molecule has 1 amide bonds. The number of amides is 1. The largest absolute Gasteiger partial charge is 0.481 e. The van der Waals surface area contributed by atoms with Crippen LogP contribution in [0, 0.1) is 5.92 Å². The number of rotatable bonds is 7. The van der Waals surface area contributed by atoms with Gasteiger partial charge in [0.25, 0.3) is 0 Å². The zero-order valence-electron chi connectivity index (χ0n) is 16.0. The first-order chi connectivity index (χ1) is 13.4. The molecule has 2 aromatic rings. The number of ether oxygens (including phenoxy) is 1. The van der Waals surface area contributed by atoms with E-state index in [0.717, 1.165) is 22.3 Å². The third-order valence-electron chi connectivity index (χ3n) is 5.14. The number of carbonyl (C=O) groups is 2. The summed E-state index contributed by atoms with van der Waals surface area (Å²) in [5.41, 5.74) is 4.51. The molecule has 0 heterocycles. The Hall–Kier alpha value is -2.86. The molecule has 0 bridgehead atoms. The monoisotopic (exact) mass is 383 g/mol. The maximum Gasteiger partial charge on any atom is 0.407 e. The van der Waals surface area contributed by atoms with Gasteiger partial charge >= 0.3 is 12.1 Å². The topological polar surface area (TPSA) is 95.9 Å². The van der Waals surface area contributed by atoms with E-state index in [4.69, 9.17) is 9.84 Å². The van der Waals surface area contributed by atoms with E-state index < -0.39 is 30.6 Å². The molecule has 3 N–H and O–H groups in total. The Kier molecular flexibility index (Phi) is 5.99. The summed E-state index contributed by atoms with van der Waals surface area (Å²) in [5, 5.41) is 21.6. The first-order valence-electron chi connectivity index (χ1n) is 9.39. The molecule has 0 saturated carbocycles. The van der Waals surface area contributed by atoms with Crippen LogP contribution in [0.1, 0.15) is 37.3 Å². The summed E-state index contributed by atoms with van der Waals surface area (Å²) in [6, 6.07) is 15.4. The van der Waals surface area contributed by atoms with Crippen LogP contribution in [0.4, 0.5) is 4.79 Å². The van der Waals surface area contributed by atoms with Crippen molar-refractivity contribution in [1.29, 1.82) is 0 Å². The number of aliphatic carboxylic acids is 1. The van der Waals surface area contributed by atoms with Crippen molar-refractivity contribution in [2.45, 2.75) is 38.3 Å². The number of alkyl carbamates (subject to hydrolysis) is 1. The highest BCUT2D eigenvalue weighted by atomic mass is 16.5. The highest BCUT2D eigenvalue weighted by Crippen LogP contribution is 2.44. The second-order valence-electron chi connectivity index (χ2n) is 7.40. The van der Waals surface area contributed by atoms with Crippen molar-refractivity contribution in [1.82, 2.24) is 5.32 Å². The minimum Gasteiger partial charge on any atom is -0.481 e. The van der Waals surface area contributed by atoms with Crippen molar-refractivity contribution in [3.8, 4) is 11.1 Å². The molecular formula is C22H25NO5. The number of carboxylic acids is 1. The van der Waals surface area contributed by atoms with Crippen molar-refractivity contribution in [2.24, 2.45) is 5.92 Å². The molecule has 0 saturated heterocycles. The molecule has 0 aromatic heterocycles. The average molecular weight is 383 g/mol. The number of carboxylic acid groups (broad SMARTS) is 1. The van der Waals surface area contributed by atoms with Crippen molar-refractivity contribution < 1.29 is 24.5 Å². The summed E-state index contributed by atoms with van der Waals surface area (Å²) in [6.07, 6.45) is -2.28. The van der Waals surface area contributed by atoms with Gasteiger partial charge in [0.1, 0.15) is 6.61 Å². The molecule has 0 unspecified atom stereocenters. The predicted octanol–water partition coefficient (Wildman–Crippen LogP) is 3.39. The summed E-state index contributed by atoms with van der Waals surface area (Å²) in [7, 11) is 0. The molecule has 6 nitrogen and oxygen atoms in total. The number of hydrogen-bond acceptors (Lipinski definition) is 4. The van der Waals surface area contributed by atoms with Crippen LogP contribution < -0.4 is 5.32 Å². The third-order valence-corrected chi connectivity index (χ3v) is 5.14. The Balaban J connectivity index is 1.68. The Morgan fingerprint density at radius 1 is 1.04 bits per heavy atom. The maximum atomic E-state index is 12.3. The van der Waals surface area contributed by atoms with E-state index in [1.54, 1.807) is 13.8 Å². The van der Waals surface area contributed by atoms with E-state index in [2.05, 4.69) is 17.4 Å². The van der Waals surface area contributed by atoms with Gasteiger partial charge in [-0.2, -0.15) is 0 Å². The highest BCUT2D eigenvalue weighted by Gasteiger charge is 2.30. The quantitative estimate of drug-likeness (QED) is 0.681. The Bertz CT molecular complexity index is 818. The number of aliphatic hydroxyl groups is 1. The summed E-state index contributed by atoms with van der Waals surface area (Å²) < 4.78 is 5.47. The SMILES string of the molecule is CC(C)[C@H](NC(=O)OCC1c2ccccc2-c2ccccc21)[C@@H](O)CC(=O)O. The molecule has 2 aromatic carbocycles. The van der Waals surface area contributed by atoms with Gasteiger partial charge in [0, 0.05) is 5.92 Å². The Morgan fingerprint density at radius 2 is 1.57 bits per heavy atom. The molecule has 0 radical (unpaired) electrons. The van der Waals surface area contributed by atoms with Crippen LogP contribution in [-0.4, -0.2) is 41.0 Å². The second kappa shape index (κ2) is 8.44. The van der Waals surface area contributed by atoms with E-state index in [0.29, 0.717) is 0 Å². The lowest BCUT2D eigenvalue weighted by molar-refractivity contribution is -0.139. The Morgan fingerprint density at radius 3 is 2.07 bits per heavy atom. The molecule has 28 heavy (non-hydrogen) atoms. The highest BCUT2D eigenvalue weighted by molar-refractivity contribution is 5.79. The van der Waals surface area contributed by atoms with E-state index in [1.807, 2.05) is 36.4 Å². The minimum absolute atomic E-state index is 0.0559. The van der Waals surface area contributed by atoms with Gasteiger partial charge in [-0.25, -0.2) is 4.79 Å². The molecule has 6 heteroatoms. The molecule has 0 aliphatic heterocycles. The smallest absolute Gasteiger partial charge is 0.407 e. The summed E-state index contributed by atoms with van der Waals surface area (Å²) in [4.78, 5) is 23.2. The van der Waals surface area contributed by atoms with Crippen LogP contribution in [0.15, 0.2) is 48.5 Å². The van der Waals surface area contributed by atoms with Crippen LogP contribution in [-0.2, 0) is 9.53 Å². The third kappa shape index (κ3) is 4.17. The van der Waals surface area contributed by atoms with Gasteiger partial charge in [0.05, 0.1) is 18.6 Å². The van der Waals surface area contributed by atoms with E-state index in [-0.39, 0.29) is 18.4 Å². The lowest BCUT2D eigenvalue weighted by Gasteiger charge is -2.26. The second-order valence-corrected chi connectivity index (χ2v) is 7.40. The Labute approximate surface area is 164 Å². The van der Waals surface area contributed by atoms with Gasteiger partial charge in [0.15, 0.2) is 0 Å². The molecular weight excluding hydrogens is 358 g/mol. The number of aliphatic hydroxyl groups excluding tert-OH is 1. The molecule has 0 spiro atoms. The fourth-order valence-corrected chi connectivity index (χ4v) is 3.79. The van der Waals surface area contributed by atoms with Gasteiger partial charge in [0.2, 0.25) is 0 Å². The van der Waals surface area contributed by atoms with E-state index >= 15 is 0 Å². The van der Waals surface area contributed by atoms with E-state index in [1.165, 1.54) is 0 Å². The van der Waals surface area contributed by atoms with Crippen molar-refractivity contribution in [3.05, 3.63) is 59.7 Å². The first-order valence-corrected chi connectivity index (χ1v) is 9.39. The van der Waals surface area contributed by atoms with Crippen molar-refractivity contribution >= 4 is 12.1 Å². The van der Waals surface area contributed by atoms with Crippen LogP contribution in [0.5, 0.6) is 0 Å².